The van der Waals surface area contributed by atoms with Crippen molar-refractivity contribution >= 4 is 34.4 Å². The van der Waals surface area contributed by atoms with Gasteiger partial charge < -0.3 is 4.74 Å². The highest BCUT2D eigenvalue weighted by Gasteiger charge is 2.05. The van der Waals surface area contributed by atoms with Crippen molar-refractivity contribution in [3.63, 3.8) is 0 Å². The number of anilines is 1. The lowest BCUT2D eigenvalue weighted by Crippen LogP contribution is -1.92. The summed E-state index contributed by atoms with van der Waals surface area (Å²) in [6.07, 6.45) is 1.83. The zero-order valence-electron chi connectivity index (χ0n) is 15.8. The van der Waals surface area contributed by atoms with Crippen LogP contribution in [0, 0.1) is 0 Å². The van der Waals surface area contributed by atoms with Crippen molar-refractivity contribution in [2.75, 3.05) is 12.5 Å². The summed E-state index contributed by atoms with van der Waals surface area (Å²) in [6, 6.07) is 26.3. The molecule has 0 atom stereocenters. The first-order chi connectivity index (χ1) is 14.3. The lowest BCUT2D eigenvalue weighted by molar-refractivity contribution is 0.413. The standard InChI is InChI=1S/C23H19N3OS2/c1-27-19-11-7-12-20(14-19)29-22-13-6-5-10-18(22)15-24-26-23-25-21(16-28-23)17-8-3-2-4-9-17/h2-16H,1H3,(H,25,26). The second-order valence-electron chi connectivity index (χ2n) is 6.09. The van der Waals surface area contributed by atoms with E-state index >= 15 is 0 Å². The molecule has 0 aliphatic heterocycles. The Kier molecular flexibility index (Phi) is 6.24. The van der Waals surface area contributed by atoms with Gasteiger partial charge in [0.15, 0.2) is 0 Å². The van der Waals surface area contributed by atoms with E-state index in [1.54, 1.807) is 18.9 Å². The minimum atomic E-state index is 0.762. The summed E-state index contributed by atoms with van der Waals surface area (Å²) < 4.78 is 5.32. The molecule has 29 heavy (non-hydrogen) atoms. The maximum absolute atomic E-state index is 5.32. The molecule has 4 aromatic rings. The van der Waals surface area contributed by atoms with Crippen molar-refractivity contribution < 1.29 is 4.74 Å². The van der Waals surface area contributed by atoms with Gasteiger partial charge in [-0.2, -0.15) is 5.10 Å². The molecule has 0 radical (unpaired) electrons. The lowest BCUT2D eigenvalue weighted by Gasteiger charge is -2.07. The topological polar surface area (TPSA) is 46.5 Å². The van der Waals surface area contributed by atoms with Gasteiger partial charge in [-0.05, 0) is 24.3 Å². The molecule has 0 aliphatic carbocycles. The largest absolute Gasteiger partial charge is 0.497 e. The van der Waals surface area contributed by atoms with Gasteiger partial charge in [0.05, 0.1) is 19.0 Å². The smallest absolute Gasteiger partial charge is 0.203 e. The molecule has 0 saturated carbocycles. The van der Waals surface area contributed by atoms with Crippen molar-refractivity contribution in [2.45, 2.75) is 9.79 Å². The number of hydrogen-bond donors (Lipinski definition) is 1. The van der Waals surface area contributed by atoms with E-state index in [4.69, 9.17) is 4.74 Å². The molecule has 0 amide bonds. The van der Waals surface area contributed by atoms with Gasteiger partial charge >= 0.3 is 0 Å². The number of methoxy groups -OCH3 is 1. The van der Waals surface area contributed by atoms with E-state index in [2.05, 4.69) is 27.6 Å². The molecule has 144 valence electrons. The normalized spacial score (nSPS) is 10.9. The fourth-order valence-corrected chi connectivity index (χ4v) is 4.32. The van der Waals surface area contributed by atoms with Crippen molar-refractivity contribution in [3.8, 4) is 17.0 Å². The van der Waals surface area contributed by atoms with E-state index in [0.29, 0.717) is 0 Å². The summed E-state index contributed by atoms with van der Waals surface area (Å²) in [5.41, 5.74) is 6.12. The van der Waals surface area contributed by atoms with Crippen LogP contribution in [0.15, 0.2) is 99.1 Å². The molecule has 1 heterocycles. The molecule has 4 rings (SSSR count). The highest BCUT2D eigenvalue weighted by Crippen LogP contribution is 2.32. The molecular weight excluding hydrogens is 398 g/mol. The van der Waals surface area contributed by atoms with Crippen LogP contribution in [0.25, 0.3) is 11.3 Å². The van der Waals surface area contributed by atoms with E-state index in [1.165, 1.54) is 11.3 Å². The molecule has 0 aliphatic rings. The Morgan fingerprint density at radius 1 is 1.00 bits per heavy atom. The third-order valence-corrected chi connectivity index (χ3v) is 5.95. The maximum Gasteiger partial charge on any atom is 0.203 e. The first-order valence-electron chi connectivity index (χ1n) is 9.03. The summed E-state index contributed by atoms with van der Waals surface area (Å²) in [4.78, 5) is 6.83. The number of ether oxygens (including phenoxy) is 1. The van der Waals surface area contributed by atoms with Gasteiger partial charge in [-0.15, -0.1) is 11.3 Å². The number of hydrazone groups is 1. The Bertz CT molecular complexity index is 1110. The average molecular weight is 418 g/mol. The average Bonchev–Trinajstić information content (AvgIpc) is 3.25. The quantitative estimate of drug-likeness (QED) is 0.278. The first kappa shape index (κ1) is 19.2. The van der Waals surface area contributed by atoms with Crippen LogP contribution in [0.4, 0.5) is 5.13 Å². The number of nitrogens with zero attached hydrogens (tertiary/aromatic N) is 2. The fourth-order valence-electron chi connectivity index (χ4n) is 2.70. The van der Waals surface area contributed by atoms with Crippen LogP contribution in [-0.2, 0) is 0 Å². The Balaban J connectivity index is 1.46. The van der Waals surface area contributed by atoms with Gasteiger partial charge in [-0.25, -0.2) is 4.98 Å². The number of thiazole rings is 1. The Morgan fingerprint density at radius 3 is 2.69 bits per heavy atom. The zero-order chi connectivity index (χ0) is 19.9. The predicted molar refractivity (Wildman–Crippen MR) is 122 cm³/mol. The summed E-state index contributed by atoms with van der Waals surface area (Å²) >= 11 is 3.21. The van der Waals surface area contributed by atoms with Crippen LogP contribution < -0.4 is 10.2 Å². The zero-order valence-corrected chi connectivity index (χ0v) is 17.4. The van der Waals surface area contributed by atoms with Crippen LogP contribution in [0.2, 0.25) is 0 Å². The third-order valence-electron chi connectivity index (χ3n) is 4.13. The van der Waals surface area contributed by atoms with E-state index in [0.717, 1.165) is 37.5 Å². The van der Waals surface area contributed by atoms with Crippen LogP contribution >= 0.6 is 23.1 Å². The van der Waals surface area contributed by atoms with Crippen molar-refractivity contribution in [3.05, 3.63) is 89.8 Å². The predicted octanol–water partition coefficient (Wildman–Crippen LogP) is 6.42. The van der Waals surface area contributed by atoms with Crippen molar-refractivity contribution in [1.82, 2.24) is 4.98 Å². The maximum atomic E-state index is 5.32. The summed E-state index contributed by atoms with van der Waals surface area (Å²) in [7, 11) is 1.68. The number of hydrogen-bond acceptors (Lipinski definition) is 6. The van der Waals surface area contributed by atoms with Crippen molar-refractivity contribution in [2.24, 2.45) is 5.10 Å². The number of nitrogens with one attached hydrogen (secondary N) is 1. The van der Waals surface area contributed by atoms with E-state index < -0.39 is 0 Å². The molecule has 1 aromatic heterocycles. The van der Waals surface area contributed by atoms with E-state index in [-0.39, 0.29) is 0 Å². The lowest BCUT2D eigenvalue weighted by atomic mass is 10.2. The Morgan fingerprint density at radius 2 is 1.83 bits per heavy atom. The molecule has 0 saturated heterocycles. The van der Waals surface area contributed by atoms with Gasteiger partial charge in [-0.3, -0.25) is 5.43 Å². The summed E-state index contributed by atoms with van der Waals surface area (Å²) in [5, 5.41) is 7.18. The molecule has 1 N–H and O–H groups in total. The second kappa shape index (κ2) is 9.41. The van der Waals surface area contributed by atoms with Gasteiger partial charge in [0.1, 0.15) is 5.75 Å². The summed E-state index contributed by atoms with van der Waals surface area (Å²) in [5.74, 6) is 0.848. The Labute approximate surface area is 178 Å². The first-order valence-corrected chi connectivity index (χ1v) is 10.7. The third kappa shape index (κ3) is 5.04. The van der Waals surface area contributed by atoms with Gasteiger partial charge in [0, 0.05) is 26.3 Å². The van der Waals surface area contributed by atoms with E-state index in [9.17, 15) is 0 Å². The van der Waals surface area contributed by atoms with Gasteiger partial charge in [-0.1, -0.05) is 66.4 Å². The Hall–Kier alpha value is -3.09. The molecule has 0 bridgehead atoms. The molecule has 0 unspecified atom stereocenters. The second-order valence-corrected chi connectivity index (χ2v) is 8.07. The highest BCUT2D eigenvalue weighted by atomic mass is 32.2. The molecule has 6 heteroatoms. The van der Waals surface area contributed by atoms with Gasteiger partial charge in [0.2, 0.25) is 5.13 Å². The summed E-state index contributed by atoms with van der Waals surface area (Å²) in [6.45, 7) is 0. The highest BCUT2D eigenvalue weighted by molar-refractivity contribution is 7.99. The van der Waals surface area contributed by atoms with Crippen LogP contribution in [-0.4, -0.2) is 18.3 Å². The molecule has 0 fully saturated rings. The number of benzene rings is 3. The number of rotatable bonds is 7. The van der Waals surface area contributed by atoms with Crippen molar-refractivity contribution in [1.29, 1.82) is 0 Å². The molecule has 3 aromatic carbocycles. The van der Waals surface area contributed by atoms with Crippen LogP contribution in [0.3, 0.4) is 0 Å². The monoisotopic (exact) mass is 417 g/mol. The van der Waals surface area contributed by atoms with Crippen LogP contribution in [0.1, 0.15) is 5.56 Å². The van der Waals surface area contributed by atoms with E-state index in [1.807, 2.05) is 78.3 Å². The van der Waals surface area contributed by atoms with Gasteiger partial charge in [0.25, 0.3) is 0 Å². The fraction of sp³-hybridized carbons (Fsp3) is 0.0435. The molecular formula is C23H19N3OS2. The minimum absolute atomic E-state index is 0.762. The molecule has 0 spiro atoms. The number of aromatic nitrogens is 1. The molecule has 4 nitrogen and oxygen atoms in total. The SMILES string of the molecule is COc1cccc(Sc2ccccc2C=NNc2nc(-c3ccccc3)cs2)c1. The minimum Gasteiger partial charge on any atom is -0.497 e. The van der Waals surface area contributed by atoms with Crippen LogP contribution in [0.5, 0.6) is 5.75 Å².